The van der Waals surface area contributed by atoms with Gasteiger partial charge < -0.3 is 9.85 Å². The van der Waals surface area contributed by atoms with Gasteiger partial charge in [-0.1, -0.05) is 0 Å². The number of hydrogen-bond donors (Lipinski definition) is 0. The summed E-state index contributed by atoms with van der Waals surface area (Å²) in [5.41, 5.74) is 0. The highest BCUT2D eigenvalue weighted by molar-refractivity contribution is 5.84. The van der Waals surface area contributed by atoms with Crippen LogP contribution in [0.3, 0.4) is 0 Å². The van der Waals surface area contributed by atoms with Crippen LogP contribution in [0.5, 0.6) is 0 Å². The maximum absolute atomic E-state index is 11.7. The Hall–Kier alpha value is -0.740. The standard InChI is InChI=1S/C8H14N2O2/c1-9-8(11)7-5-3-4-6-10(7,2)12/h7H,1,3-6H2,2H3/t7-,10?/m1/s1. The van der Waals surface area contributed by atoms with Crippen molar-refractivity contribution in [1.82, 2.24) is 0 Å². The van der Waals surface area contributed by atoms with E-state index in [0.29, 0.717) is 13.0 Å². The fourth-order valence-corrected chi connectivity index (χ4v) is 1.65. The lowest BCUT2D eigenvalue weighted by Crippen LogP contribution is -2.53. The van der Waals surface area contributed by atoms with Crippen molar-refractivity contribution in [2.75, 3.05) is 13.6 Å². The van der Waals surface area contributed by atoms with Gasteiger partial charge in [-0.3, -0.25) is 4.79 Å². The quantitative estimate of drug-likeness (QED) is 0.330. The van der Waals surface area contributed by atoms with E-state index in [1.54, 1.807) is 0 Å². The third-order valence-electron chi connectivity index (χ3n) is 2.43. The van der Waals surface area contributed by atoms with Crippen molar-refractivity contribution in [3.8, 4) is 0 Å². The third kappa shape index (κ3) is 1.70. The number of carbonyl (C=O) groups is 1. The fourth-order valence-electron chi connectivity index (χ4n) is 1.65. The molecule has 0 bridgehead atoms. The summed E-state index contributed by atoms with van der Waals surface area (Å²) in [6, 6.07) is -0.503. The van der Waals surface area contributed by atoms with Gasteiger partial charge in [0.1, 0.15) is 0 Å². The third-order valence-corrected chi connectivity index (χ3v) is 2.43. The molecular weight excluding hydrogens is 156 g/mol. The van der Waals surface area contributed by atoms with Crippen molar-refractivity contribution in [2.24, 2.45) is 4.99 Å². The highest BCUT2D eigenvalue weighted by Gasteiger charge is 2.33. The summed E-state index contributed by atoms with van der Waals surface area (Å²) in [6.45, 7) is 3.67. The van der Waals surface area contributed by atoms with Crippen molar-refractivity contribution in [2.45, 2.75) is 25.3 Å². The topological polar surface area (TPSA) is 52.5 Å². The molecule has 0 aromatic heterocycles. The number of aliphatic imine (C=N–C) groups is 1. The van der Waals surface area contributed by atoms with Gasteiger partial charge >= 0.3 is 5.91 Å². The number of rotatable bonds is 1. The van der Waals surface area contributed by atoms with Crippen LogP contribution in [0.25, 0.3) is 0 Å². The van der Waals surface area contributed by atoms with Crippen molar-refractivity contribution in [1.29, 1.82) is 0 Å². The van der Waals surface area contributed by atoms with E-state index in [0.717, 1.165) is 12.8 Å². The highest BCUT2D eigenvalue weighted by atomic mass is 16.5. The Labute approximate surface area is 72.1 Å². The van der Waals surface area contributed by atoms with Crippen LogP contribution in [0, 0.1) is 5.21 Å². The second-order valence-electron chi connectivity index (χ2n) is 3.41. The minimum absolute atomic E-state index is 0.354. The summed E-state index contributed by atoms with van der Waals surface area (Å²) < 4.78 is -0.474. The average molecular weight is 170 g/mol. The number of hydroxylamine groups is 3. The minimum atomic E-state index is -0.503. The second-order valence-corrected chi connectivity index (χ2v) is 3.41. The van der Waals surface area contributed by atoms with E-state index in [-0.39, 0.29) is 5.91 Å². The zero-order valence-electron chi connectivity index (χ0n) is 7.32. The van der Waals surface area contributed by atoms with Crippen molar-refractivity contribution in [3.63, 3.8) is 0 Å². The molecule has 1 aliphatic heterocycles. The first-order valence-electron chi connectivity index (χ1n) is 4.15. The monoisotopic (exact) mass is 170 g/mol. The van der Waals surface area contributed by atoms with Crippen LogP contribution in [0.4, 0.5) is 0 Å². The first kappa shape index (κ1) is 9.35. The molecule has 0 aliphatic carbocycles. The van der Waals surface area contributed by atoms with Crippen molar-refractivity contribution < 1.29 is 9.44 Å². The van der Waals surface area contributed by atoms with Crippen LogP contribution in [0.15, 0.2) is 4.99 Å². The van der Waals surface area contributed by atoms with Gasteiger partial charge in [-0.25, -0.2) is 4.99 Å². The van der Waals surface area contributed by atoms with Gasteiger partial charge in [0.2, 0.25) is 0 Å². The molecule has 0 radical (unpaired) electrons. The molecule has 2 atom stereocenters. The summed E-state index contributed by atoms with van der Waals surface area (Å²) in [5.74, 6) is -0.354. The Balaban J connectivity index is 2.72. The van der Waals surface area contributed by atoms with Gasteiger partial charge in [0.05, 0.1) is 13.6 Å². The molecule has 68 valence electrons. The number of piperidine rings is 1. The lowest BCUT2D eigenvalue weighted by molar-refractivity contribution is -0.881. The molecule has 1 amide bonds. The molecule has 1 saturated heterocycles. The zero-order valence-corrected chi connectivity index (χ0v) is 7.32. The molecule has 4 heteroatoms. The largest absolute Gasteiger partial charge is 0.632 e. The maximum Gasteiger partial charge on any atom is 0.303 e. The van der Waals surface area contributed by atoms with Crippen molar-refractivity contribution >= 4 is 12.6 Å². The lowest BCUT2D eigenvalue weighted by atomic mass is 10.0. The molecule has 1 unspecified atom stereocenters. The number of nitrogens with zero attached hydrogens (tertiary/aromatic N) is 2. The van der Waals surface area contributed by atoms with Crippen LogP contribution in [0.2, 0.25) is 0 Å². The van der Waals surface area contributed by atoms with E-state index < -0.39 is 10.7 Å². The summed E-state index contributed by atoms with van der Waals surface area (Å²) >= 11 is 0. The number of hydrogen-bond acceptors (Lipinski definition) is 2. The van der Waals surface area contributed by atoms with Crippen LogP contribution in [-0.2, 0) is 4.79 Å². The molecule has 0 aromatic rings. The van der Waals surface area contributed by atoms with Crippen molar-refractivity contribution in [3.05, 3.63) is 5.21 Å². The molecule has 0 aromatic carbocycles. The molecule has 4 nitrogen and oxygen atoms in total. The molecule has 12 heavy (non-hydrogen) atoms. The van der Waals surface area contributed by atoms with Gasteiger partial charge in [-0.05, 0) is 19.6 Å². The van der Waals surface area contributed by atoms with E-state index in [1.165, 1.54) is 7.05 Å². The Kier molecular flexibility index (Phi) is 2.59. The van der Waals surface area contributed by atoms with E-state index in [1.807, 2.05) is 0 Å². The predicted octanol–water partition coefficient (Wildman–Crippen LogP) is 0.710. The first-order valence-corrected chi connectivity index (χ1v) is 4.15. The Morgan fingerprint density at radius 1 is 1.67 bits per heavy atom. The van der Waals surface area contributed by atoms with Gasteiger partial charge in [0.15, 0.2) is 6.04 Å². The summed E-state index contributed by atoms with van der Waals surface area (Å²) in [7, 11) is 1.53. The predicted molar refractivity (Wildman–Crippen MR) is 46.6 cm³/mol. The molecule has 0 N–H and O–H groups in total. The highest BCUT2D eigenvalue weighted by Crippen LogP contribution is 2.22. The first-order chi connectivity index (χ1) is 5.58. The SMILES string of the molecule is C=NC(=O)[C@H]1CCCC[N+]1(C)[O-]. The van der Waals surface area contributed by atoms with Crippen LogP contribution in [-0.4, -0.2) is 36.9 Å². The number of likely N-dealkylation sites (tertiary alicyclic amines) is 1. The summed E-state index contributed by atoms with van der Waals surface area (Å²) in [4.78, 5) is 14.4. The summed E-state index contributed by atoms with van der Waals surface area (Å²) in [6.07, 6.45) is 2.50. The number of quaternary nitrogens is 1. The van der Waals surface area contributed by atoms with Gasteiger partial charge in [0, 0.05) is 6.42 Å². The van der Waals surface area contributed by atoms with E-state index in [9.17, 15) is 10.0 Å². The molecule has 0 spiro atoms. The van der Waals surface area contributed by atoms with Crippen LogP contribution < -0.4 is 0 Å². The van der Waals surface area contributed by atoms with Gasteiger partial charge in [-0.2, -0.15) is 0 Å². The summed E-state index contributed by atoms with van der Waals surface area (Å²) in [5, 5.41) is 11.7. The smallest absolute Gasteiger partial charge is 0.303 e. The fraction of sp³-hybridized carbons (Fsp3) is 0.750. The number of likely N-dealkylation sites (N-methyl/N-ethyl adjacent to an activating group) is 1. The Morgan fingerprint density at radius 2 is 2.33 bits per heavy atom. The number of amides is 1. The molecule has 1 fully saturated rings. The van der Waals surface area contributed by atoms with Crippen LogP contribution >= 0.6 is 0 Å². The second kappa shape index (κ2) is 3.33. The Morgan fingerprint density at radius 3 is 2.83 bits per heavy atom. The van der Waals surface area contributed by atoms with Crippen LogP contribution in [0.1, 0.15) is 19.3 Å². The molecule has 0 saturated carbocycles. The maximum atomic E-state index is 11.7. The molecule has 1 heterocycles. The normalized spacial score (nSPS) is 36.0. The average Bonchev–Trinajstić information content (AvgIpc) is 2.02. The minimum Gasteiger partial charge on any atom is -0.632 e. The lowest BCUT2D eigenvalue weighted by Gasteiger charge is -2.46. The zero-order chi connectivity index (χ0) is 9.19. The van der Waals surface area contributed by atoms with E-state index >= 15 is 0 Å². The Bertz CT molecular complexity index is 201. The van der Waals surface area contributed by atoms with Gasteiger partial charge in [-0.15, -0.1) is 0 Å². The van der Waals surface area contributed by atoms with Gasteiger partial charge in [0.25, 0.3) is 0 Å². The number of carbonyl (C=O) groups excluding carboxylic acids is 1. The molecule has 1 rings (SSSR count). The molecule has 1 aliphatic rings. The molecular formula is C8H14N2O2. The van der Waals surface area contributed by atoms with E-state index in [4.69, 9.17) is 0 Å². The van der Waals surface area contributed by atoms with E-state index in [2.05, 4.69) is 11.7 Å².